The number of hydrogen-bond acceptors (Lipinski definition) is 6. The van der Waals surface area contributed by atoms with E-state index in [4.69, 9.17) is 5.11 Å². The number of benzene rings is 1. The molecule has 3 aromatic rings. The van der Waals surface area contributed by atoms with Gasteiger partial charge in [0.05, 0.1) is 12.1 Å². The van der Waals surface area contributed by atoms with E-state index in [-0.39, 0.29) is 12.5 Å². The molecule has 0 radical (unpaired) electrons. The summed E-state index contributed by atoms with van der Waals surface area (Å²) in [5.41, 5.74) is 2.94. The molecule has 3 heterocycles. The van der Waals surface area contributed by atoms with E-state index in [2.05, 4.69) is 25.5 Å². The van der Waals surface area contributed by atoms with E-state index in [0.717, 1.165) is 48.0 Å². The Morgan fingerprint density at radius 1 is 1.17 bits per heavy atom. The van der Waals surface area contributed by atoms with Crippen molar-refractivity contribution in [2.24, 2.45) is 5.92 Å². The highest BCUT2D eigenvalue weighted by Crippen LogP contribution is 2.24. The largest absolute Gasteiger partial charge is 0.480 e. The molecule has 0 atom stereocenters. The smallest absolute Gasteiger partial charge is 0.317 e. The Morgan fingerprint density at radius 3 is 2.66 bits per heavy atom. The van der Waals surface area contributed by atoms with Crippen LogP contribution in [0.5, 0.6) is 0 Å². The van der Waals surface area contributed by atoms with E-state index in [1.54, 1.807) is 12.4 Å². The maximum absolute atomic E-state index is 12.7. The van der Waals surface area contributed by atoms with Gasteiger partial charge in [0.15, 0.2) is 5.69 Å². The molecule has 0 saturated carbocycles. The van der Waals surface area contributed by atoms with Crippen molar-refractivity contribution in [2.75, 3.05) is 26.2 Å². The van der Waals surface area contributed by atoms with E-state index in [9.17, 15) is 9.59 Å². The molecule has 3 N–H and O–H groups in total. The Hall–Kier alpha value is -3.33. The first-order valence-electron chi connectivity index (χ1n) is 9.56. The number of amides is 1. The first kappa shape index (κ1) is 19.0. The SMILES string of the molecule is O=C(O)CN1CCC(CNC(=O)c2n[nH]c3ccc(-c4cncnc4)cc23)CC1. The molecule has 9 heteroatoms. The van der Waals surface area contributed by atoms with Gasteiger partial charge >= 0.3 is 5.97 Å². The number of carboxylic acid groups (broad SMARTS) is 1. The maximum Gasteiger partial charge on any atom is 0.317 e. The standard InChI is InChI=1S/C20H22N6O3/c27-18(28)11-26-5-3-13(4-6-26)8-23-20(29)19-16-7-14(1-2-17(16)24-25-19)15-9-21-12-22-10-15/h1-2,7,9-10,12-13H,3-6,8,11H2,(H,23,29)(H,24,25)(H,27,28). The van der Waals surface area contributed by atoms with Crippen LogP contribution in [0, 0.1) is 5.92 Å². The molecule has 1 saturated heterocycles. The summed E-state index contributed by atoms with van der Waals surface area (Å²) >= 11 is 0. The molecule has 1 fully saturated rings. The highest BCUT2D eigenvalue weighted by atomic mass is 16.4. The second-order valence-corrected chi connectivity index (χ2v) is 7.28. The van der Waals surface area contributed by atoms with E-state index in [0.29, 0.717) is 18.2 Å². The number of rotatable bonds is 6. The molecule has 2 aromatic heterocycles. The van der Waals surface area contributed by atoms with Crippen LogP contribution in [0.3, 0.4) is 0 Å². The fraction of sp³-hybridized carbons (Fsp3) is 0.350. The van der Waals surface area contributed by atoms with Crippen molar-refractivity contribution in [2.45, 2.75) is 12.8 Å². The Labute approximate surface area is 167 Å². The predicted molar refractivity (Wildman–Crippen MR) is 106 cm³/mol. The molecule has 9 nitrogen and oxygen atoms in total. The number of hydrogen-bond donors (Lipinski definition) is 3. The normalized spacial score (nSPS) is 15.4. The van der Waals surface area contributed by atoms with Crippen molar-refractivity contribution in [3.8, 4) is 11.1 Å². The van der Waals surface area contributed by atoms with Crippen LogP contribution in [0.4, 0.5) is 0 Å². The van der Waals surface area contributed by atoms with Crippen LogP contribution >= 0.6 is 0 Å². The zero-order chi connectivity index (χ0) is 20.2. The van der Waals surface area contributed by atoms with E-state index >= 15 is 0 Å². The van der Waals surface area contributed by atoms with Gasteiger partial charge in [0.25, 0.3) is 5.91 Å². The van der Waals surface area contributed by atoms with Gasteiger partial charge in [-0.3, -0.25) is 19.6 Å². The third-order valence-electron chi connectivity index (χ3n) is 5.29. The van der Waals surface area contributed by atoms with Gasteiger partial charge in [-0.15, -0.1) is 0 Å². The van der Waals surface area contributed by atoms with Crippen LogP contribution in [0.2, 0.25) is 0 Å². The fourth-order valence-electron chi connectivity index (χ4n) is 3.68. The number of carbonyl (C=O) groups excluding carboxylic acids is 1. The van der Waals surface area contributed by atoms with Gasteiger partial charge in [0, 0.05) is 29.9 Å². The number of nitrogens with zero attached hydrogens (tertiary/aromatic N) is 4. The van der Waals surface area contributed by atoms with Gasteiger partial charge in [-0.05, 0) is 49.5 Å². The summed E-state index contributed by atoms with van der Waals surface area (Å²) in [4.78, 5) is 33.5. The second-order valence-electron chi connectivity index (χ2n) is 7.28. The van der Waals surface area contributed by atoms with Crippen LogP contribution in [0.25, 0.3) is 22.0 Å². The molecule has 29 heavy (non-hydrogen) atoms. The van der Waals surface area contributed by atoms with Crippen molar-refractivity contribution >= 4 is 22.8 Å². The molecular weight excluding hydrogens is 372 g/mol. The number of aliphatic carboxylic acids is 1. The number of aromatic nitrogens is 4. The number of likely N-dealkylation sites (tertiary alicyclic amines) is 1. The Balaban J connectivity index is 1.41. The lowest BCUT2D eigenvalue weighted by Gasteiger charge is -2.30. The molecule has 4 rings (SSSR count). The molecule has 1 aromatic carbocycles. The van der Waals surface area contributed by atoms with Gasteiger partial charge in [0.1, 0.15) is 6.33 Å². The van der Waals surface area contributed by atoms with Crippen molar-refractivity contribution in [3.63, 3.8) is 0 Å². The second kappa shape index (κ2) is 8.36. The fourth-order valence-corrected chi connectivity index (χ4v) is 3.68. The van der Waals surface area contributed by atoms with Gasteiger partial charge in [-0.25, -0.2) is 9.97 Å². The zero-order valence-electron chi connectivity index (χ0n) is 15.8. The number of aromatic amines is 1. The number of nitrogens with one attached hydrogen (secondary N) is 2. The Morgan fingerprint density at radius 2 is 1.93 bits per heavy atom. The van der Waals surface area contributed by atoms with Gasteiger partial charge in [0.2, 0.25) is 0 Å². The molecule has 1 aliphatic heterocycles. The molecule has 150 valence electrons. The van der Waals surface area contributed by atoms with Crippen molar-refractivity contribution in [1.29, 1.82) is 0 Å². The first-order chi connectivity index (χ1) is 14.1. The lowest BCUT2D eigenvalue weighted by molar-refractivity contribution is -0.138. The third-order valence-corrected chi connectivity index (χ3v) is 5.29. The van der Waals surface area contributed by atoms with Crippen molar-refractivity contribution < 1.29 is 14.7 Å². The van der Waals surface area contributed by atoms with Crippen molar-refractivity contribution in [1.82, 2.24) is 30.4 Å². The predicted octanol–water partition coefficient (Wildman–Crippen LogP) is 1.55. The van der Waals surface area contributed by atoms with Crippen LogP contribution in [0.1, 0.15) is 23.3 Å². The average molecular weight is 394 g/mol. The van der Waals surface area contributed by atoms with Crippen molar-refractivity contribution in [3.05, 3.63) is 42.6 Å². The molecule has 1 amide bonds. The highest BCUT2D eigenvalue weighted by molar-refractivity contribution is 6.05. The number of fused-ring (bicyclic) bond motifs is 1. The first-order valence-corrected chi connectivity index (χ1v) is 9.56. The number of piperidine rings is 1. The number of carbonyl (C=O) groups is 2. The van der Waals surface area contributed by atoms with Gasteiger partial charge < -0.3 is 10.4 Å². The molecule has 0 bridgehead atoms. The average Bonchev–Trinajstić information content (AvgIpc) is 3.16. The molecule has 0 aliphatic carbocycles. The topological polar surface area (TPSA) is 124 Å². The van der Waals surface area contributed by atoms with E-state index in [1.165, 1.54) is 6.33 Å². The van der Waals surface area contributed by atoms with Crippen LogP contribution in [-0.2, 0) is 4.79 Å². The minimum absolute atomic E-state index is 0.0765. The maximum atomic E-state index is 12.7. The van der Waals surface area contributed by atoms with Gasteiger partial charge in [-0.1, -0.05) is 6.07 Å². The van der Waals surface area contributed by atoms with Gasteiger partial charge in [-0.2, -0.15) is 5.10 Å². The summed E-state index contributed by atoms with van der Waals surface area (Å²) in [6.45, 7) is 2.11. The monoisotopic (exact) mass is 394 g/mol. The summed E-state index contributed by atoms with van der Waals surface area (Å²) in [5.74, 6) is -0.680. The minimum Gasteiger partial charge on any atom is -0.480 e. The third kappa shape index (κ3) is 4.40. The lowest BCUT2D eigenvalue weighted by atomic mass is 9.96. The molecule has 0 unspecified atom stereocenters. The minimum atomic E-state index is -0.802. The summed E-state index contributed by atoms with van der Waals surface area (Å²) < 4.78 is 0. The number of H-pyrrole nitrogens is 1. The molecule has 0 spiro atoms. The Bertz CT molecular complexity index is 1010. The summed E-state index contributed by atoms with van der Waals surface area (Å²) in [5, 5.41) is 19.7. The highest BCUT2D eigenvalue weighted by Gasteiger charge is 2.22. The van der Waals surface area contributed by atoms with Crippen LogP contribution in [0.15, 0.2) is 36.9 Å². The zero-order valence-corrected chi connectivity index (χ0v) is 15.8. The lowest BCUT2D eigenvalue weighted by Crippen LogP contribution is -2.40. The molecule has 1 aliphatic rings. The summed E-state index contributed by atoms with van der Waals surface area (Å²) in [6.07, 6.45) is 6.67. The quantitative estimate of drug-likeness (QED) is 0.579. The summed E-state index contributed by atoms with van der Waals surface area (Å²) in [6, 6.07) is 5.74. The number of carboxylic acids is 1. The van der Waals surface area contributed by atoms with Crippen LogP contribution in [-0.4, -0.2) is 68.2 Å². The van der Waals surface area contributed by atoms with Crippen LogP contribution < -0.4 is 5.32 Å². The van der Waals surface area contributed by atoms with E-state index in [1.807, 2.05) is 23.1 Å². The molecular formula is C20H22N6O3. The summed E-state index contributed by atoms with van der Waals surface area (Å²) in [7, 11) is 0. The Kier molecular flexibility index (Phi) is 5.48. The van der Waals surface area contributed by atoms with E-state index < -0.39 is 5.97 Å².